The maximum absolute atomic E-state index is 5.09. The van der Waals surface area contributed by atoms with Crippen molar-refractivity contribution in [3.8, 4) is 0 Å². The van der Waals surface area contributed by atoms with Crippen molar-refractivity contribution < 1.29 is 4.52 Å². The van der Waals surface area contributed by atoms with Gasteiger partial charge in [-0.2, -0.15) is 0 Å². The maximum Gasteiger partial charge on any atom is 0.150 e. The number of aryl methyl sites for hydroxylation is 2. The van der Waals surface area contributed by atoms with Gasteiger partial charge in [-0.05, 0) is 30.9 Å². The van der Waals surface area contributed by atoms with Crippen LogP contribution in [-0.2, 0) is 13.0 Å². The Morgan fingerprint density at radius 1 is 1.41 bits per heavy atom. The zero-order chi connectivity index (χ0) is 11.7. The van der Waals surface area contributed by atoms with E-state index in [9.17, 15) is 0 Å². The fourth-order valence-electron chi connectivity index (χ4n) is 2.49. The highest BCUT2D eigenvalue weighted by atomic mass is 16.5. The van der Waals surface area contributed by atoms with Crippen molar-refractivity contribution in [1.29, 1.82) is 0 Å². The molecule has 1 unspecified atom stereocenters. The molecule has 0 saturated heterocycles. The molecule has 3 heteroatoms. The molecule has 3 nitrogen and oxygen atoms in total. The fourth-order valence-corrected chi connectivity index (χ4v) is 2.49. The molecule has 0 fully saturated rings. The lowest BCUT2D eigenvalue weighted by Crippen LogP contribution is -2.18. The Morgan fingerprint density at radius 3 is 3.18 bits per heavy atom. The standard InChI is InChI=1S/C14H16N2O/c1-10-2-3-11-4-5-14(13(11)8-10)15-9-12-6-7-16-17-12/h2-3,6-8,14-15H,4-5,9H2,1H3. The second kappa shape index (κ2) is 4.34. The van der Waals surface area contributed by atoms with Gasteiger partial charge in [0.1, 0.15) is 5.76 Å². The zero-order valence-corrected chi connectivity index (χ0v) is 9.94. The molecule has 1 aliphatic carbocycles. The van der Waals surface area contributed by atoms with E-state index in [-0.39, 0.29) is 0 Å². The van der Waals surface area contributed by atoms with Gasteiger partial charge in [0.25, 0.3) is 0 Å². The average molecular weight is 228 g/mol. The van der Waals surface area contributed by atoms with Crippen molar-refractivity contribution in [3.63, 3.8) is 0 Å². The van der Waals surface area contributed by atoms with Gasteiger partial charge in [-0.1, -0.05) is 28.9 Å². The van der Waals surface area contributed by atoms with Crippen LogP contribution in [0.3, 0.4) is 0 Å². The molecule has 1 atom stereocenters. The molecule has 0 aliphatic heterocycles. The summed E-state index contributed by atoms with van der Waals surface area (Å²) in [5.41, 5.74) is 4.26. The molecular weight excluding hydrogens is 212 g/mol. The Kier molecular flexibility index (Phi) is 2.69. The summed E-state index contributed by atoms with van der Waals surface area (Å²) in [4.78, 5) is 0. The van der Waals surface area contributed by atoms with Crippen molar-refractivity contribution in [2.45, 2.75) is 32.4 Å². The van der Waals surface area contributed by atoms with Crippen LogP contribution < -0.4 is 5.32 Å². The van der Waals surface area contributed by atoms with E-state index in [0.29, 0.717) is 6.04 Å². The first kappa shape index (κ1) is 10.5. The molecule has 0 amide bonds. The van der Waals surface area contributed by atoms with Gasteiger partial charge >= 0.3 is 0 Å². The van der Waals surface area contributed by atoms with Crippen LogP contribution in [0.15, 0.2) is 35.0 Å². The lowest BCUT2D eigenvalue weighted by molar-refractivity contribution is 0.363. The van der Waals surface area contributed by atoms with Gasteiger partial charge in [0.05, 0.1) is 12.7 Å². The molecule has 17 heavy (non-hydrogen) atoms. The van der Waals surface area contributed by atoms with Crippen LogP contribution in [0.2, 0.25) is 0 Å². The summed E-state index contributed by atoms with van der Waals surface area (Å²) >= 11 is 0. The van der Waals surface area contributed by atoms with E-state index in [4.69, 9.17) is 4.52 Å². The van der Waals surface area contributed by atoms with Crippen molar-refractivity contribution >= 4 is 0 Å². The second-order valence-electron chi connectivity index (χ2n) is 4.65. The Labute approximate surface area is 101 Å². The van der Waals surface area contributed by atoms with Gasteiger partial charge in [-0.15, -0.1) is 0 Å². The quantitative estimate of drug-likeness (QED) is 0.877. The summed E-state index contributed by atoms with van der Waals surface area (Å²) in [6.07, 6.45) is 4.03. The van der Waals surface area contributed by atoms with Crippen LogP contribution in [0, 0.1) is 6.92 Å². The highest BCUT2D eigenvalue weighted by Gasteiger charge is 2.21. The van der Waals surface area contributed by atoms with E-state index in [1.807, 2.05) is 6.07 Å². The van der Waals surface area contributed by atoms with Crippen molar-refractivity contribution in [2.24, 2.45) is 0 Å². The predicted molar refractivity (Wildman–Crippen MR) is 65.6 cm³/mol. The van der Waals surface area contributed by atoms with E-state index >= 15 is 0 Å². The summed E-state index contributed by atoms with van der Waals surface area (Å²) < 4.78 is 5.09. The molecule has 0 spiro atoms. The molecule has 88 valence electrons. The third kappa shape index (κ3) is 2.11. The van der Waals surface area contributed by atoms with Crippen molar-refractivity contribution in [2.75, 3.05) is 0 Å². The average Bonchev–Trinajstić information content (AvgIpc) is 2.94. The molecule has 1 aromatic carbocycles. The lowest BCUT2D eigenvalue weighted by Gasteiger charge is -2.13. The molecule has 1 aliphatic rings. The van der Waals surface area contributed by atoms with E-state index in [1.165, 1.54) is 29.5 Å². The molecule has 0 radical (unpaired) electrons. The first-order valence-electron chi connectivity index (χ1n) is 6.05. The normalized spacial score (nSPS) is 18.3. The second-order valence-corrected chi connectivity index (χ2v) is 4.65. The van der Waals surface area contributed by atoms with Crippen molar-refractivity contribution in [3.05, 3.63) is 52.9 Å². The van der Waals surface area contributed by atoms with Crippen LogP contribution in [0.1, 0.15) is 34.9 Å². The smallest absolute Gasteiger partial charge is 0.150 e. The van der Waals surface area contributed by atoms with E-state index in [0.717, 1.165) is 12.3 Å². The minimum Gasteiger partial charge on any atom is -0.360 e. The number of benzene rings is 1. The highest BCUT2D eigenvalue weighted by Crippen LogP contribution is 2.31. The number of nitrogens with one attached hydrogen (secondary N) is 1. The first-order chi connectivity index (χ1) is 8.33. The number of nitrogens with zero attached hydrogens (tertiary/aromatic N) is 1. The molecule has 1 heterocycles. The summed E-state index contributed by atoms with van der Waals surface area (Å²) in [5, 5.41) is 7.24. The van der Waals surface area contributed by atoms with Crippen LogP contribution in [0.4, 0.5) is 0 Å². The number of aromatic nitrogens is 1. The molecule has 1 N–H and O–H groups in total. The third-order valence-electron chi connectivity index (χ3n) is 3.39. The maximum atomic E-state index is 5.09. The Morgan fingerprint density at radius 2 is 2.35 bits per heavy atom. The monoisotopic (exact) mass is 228 g/mol. The van der Waals surface area contributed by atoms with Crippen molar-refractivity contribution in [1.82, 2.24) is 10.5 Å². The number of hydrogen-bond donors (Lipinski definition) is 1. The van der Waals surface area contributed by atoms with Gasteiger partial charge < -0.3 is 9.84 Å². The van der Waals surface area contributed by atoms with Gasteiger partial charge in [-0.3, -0.25) is 0 Å². The highest BCUT2D eigenvalue weighted by molar-refractivity contribution is 5.37. The molecule has 1 aromatic heterocycles. The summed E-state index contributed by atoms with van der Waals surface area (Å²) in [5.74, 6) is 0.895. The third-order valence-corrected chi connectivity index (χ3v) is 3.39. The van der Waals surface area contributed by atoms with E-state index in [1.54, 1.807) is 6.20 Å². The Bertz CT molecular complexity index is 505. The molecule has 0 saturated carbocycles. The molecule has 2 aromatic rings. The summed E-state index contributed by atoms with van der Waals surface area (Å²) in [6.45, 7) is 2.89. The molecular formula is C14H16N2O. The molecule has 3 rings (SSSR count). The summed E-state index contributed by atoms with van der Waals surface area (Å²) in [6, 6.07) is 9.09. The predicted octanol–water partition coefficient (Wildman–Crippen LogP) is 2.76. The van der Waals surface area contributed by atoms with Gasteiger partial charge in [0, 0.05) is 12.1 Å². The van der Waals surface area contributed by atoms with E-state index in [2.05, 4.69) is 35.6 Å². The number of rotatable bonds is 3. The van der Waals surface area contributed by atoms with Crippen LogP contribution in [0.25, 0.3) is 0 Å². The number of fused-ring (bicyclic) bond motifs is 1. The fraction of sp³-hybridized carbons (Fsp3) is 0.357. The Balaban J connectivity index is 1.73. The van der Waals surface area contributed by atoms with Crippen LogP contribution >= 0.6 is 0 Å². The van der Waals surface area contributed by atoms with Gasteiger partial charge in [0.15, 0.2) is 0 Å². The SMILES string of the molecule is Cc1ccc2c(c1)C(NCc1ccno1)CC2. The first-order valence-corrected chi connectivity index (χ1v) is 6.05. The number of hydrogen-bond acceptors (Lipinski definition) is 3. The minimum absolute atomic E-state index is 0.454. The zero-order valence-electron chi connectivity index (χ0n) is 9.94. The topological polar surface area (TPSA) is 38.1 Å². The summed E-state index contributed by atoms with van der Waals surface area (Å²) in [7, 11) is 0. The largest absolute Gasteiger partial charge is 0.360 e. The van der Waals surface area contributed by atoms with Gasteiger partial charge in [0.2, 0.25) is 0 Å². The van der Waals surface area contributed by atoms with Gasteiger partial charge in [-0.25, -0.2) is 0 Å². The van der Waals surface area contributed by atoms with Crippen LogP contribution in [0.5, 0.6) is 0 Å². The molecule has 0 bridgehead atoms. The minimum atomic E-state index is 0.454. The Hall–Kier alpha value is -1.61. The van der Waals surface area contributed by atoms with Crippen LogP contribution in [-0.4, -0.2) is 5.16 Å². The van der Waals surface area contributed by atoms with E-state index < -0.39 is 0 Å². The lowest BCUT2D eigenvalue weighted by atomic mass is 10.1.